The molecule has 0 bridgehead atoms. The first kappa shape index (κ1) is 15.5. The van der Waals surface area contributed by atoms with Gasteiger partial charge in [0.1, 0.15) is 0 Å². The van der Waals surface area contributed by atoms with E-state index in [1.165, 1.54) is 12.1 Å². The first-order chi connectivity index (χ1) is 8.65. The molecule has 1 amide bonds. The Morgan fingerprint density at radius 3 is 2.47 bits per heavy atom. The third-order valence-corrected chi connectivity index (χ3v) is 2.61. The second-order valence-corrected chi connectivity index (χ2v) is 5.08. The van der Waals surface area contributed by atoms with E-state index in [0.717, 1.165) is 12.1 Å². The Morgan fingerprint density at radius 1 is 1.32 bits per heavy atom. The third kappa shape index (κ3) is 4.55. The summed E-state index contributed by atoms with van der Waals surface area (Å²) < 4.78 is 37.5. The Balaban J connectivity index is 2.78. The van der Waals surface area contributed by atoms with E-state index in [1.807, 2.05) is 0 Å². The molecule has 1 rings (SSSR count). The molecule has 0 saturated carbocycles. The van der Waals surface area contributed by atoms with Crippen LogP contribution >= 0.6 is 0 Å². The minimum Gasteiger partial charge on any atom is -0.396 e. The minimum absolute atomic E-state index is 0.0523. The van der Waals surface area contributed by atoms with Gasteiger partial charge < -0.3 is 10.4 Å². The number of carbonyl (C=O) groups excluding carboxylic acids is 1. The van der Waals surface area contributed by atoms with Crippen LogP contribution in [0.15, 0.2) is 24.3 Å². The van der Waals surface area contributed by atoms with Crippen molar-refractivity contribution in [1.29, 1.82) is 0 Å². The molecular weight excluding hydrogens is 259 g/mol. The maximum Gasteiger partial charge on any atom is 0.416 e. The van der Waals surface area contributed by atoms with Gasteiger partial charge in [0, 0.05) is 24.1 Å². The van der Waals surface area contributed by atoms with E-state index in [0.29, 0.717) is 0 Å². The van der Waals surface area contributed by atoms with Gasteiger partial charge in [-0.05, 0) is 18.2 Å². The van der Waals surface area contributed by atoms with Gasteiger partial charge >= 0.3 is 6.18 Å². The molecule has 1 aromatic rings. The number of hydrogen-bond donors (Lipinski definition) is 2. The van der Waals surface area contributed by atoms with Gasteiger partial charge in [-0.15, -0.1) is 0 Å². The van der Waals surface area contributed by atoms with Gasteiger partial charge in [0.05, 0.1) is 5.56 Å². The molecule has 0 aliphatic rings. The molecule has 0 atom stereocenters. The molecule has 1 aromatic carbocycles. The number of benzene rings is 1. The number of carbonyl (C=O) groups is 1. The smallest absolute Gasteiger partial charge is 0.396 e. The molecule has 106 valence electrons. The summed E-state index contributed by atoms with van der Waals surface area (Å²) in [7, 11) is 0. The standard InChI is InChI=1S/C13H16F3NO2/c1-12(2,8-18)7-17-11(19)9-4-3-5-10(6-9)13(14,15)16/h3-6,18H,7-8H2,1-2H3,(H,17,19). The Hall–Kier alpha value is -1.56. The summed E-state index contributed by atoms with van der Waals surface area (Å²) in [4.78, 5) is 11.7. The molecule has 0 fully saturated rings. The van der Waals surface area contributed by atoms with Crippen molar-refractivity contribution in [2.45, 2.75) is 20.0 Å². The molecule has 0 spiro atoms. The predicted molar refractivity (Wildman–Crippen MR) is 64.6 cm³/mol. The van der Waals surface area contributed by atoms with E-state index >= 15 is 0 Å². The van der Waals surface area contributed by atoms with E-state index in [4.69, 9.17) is 5.11 Å². The quantitative estimate of drug-likeness (QED) is 0.886. The fourth-order valence-electron chi connectivity index (χ4n) is 1.31. The Bertz CT molecular complexity index is 455. The molecule has 0 saturated heterocycles. The summed E-state index contributed by atoms with van der Waals surface area (Å²) in [5.74, 6) is -0.590. The molecule has 0 heterocycles. The molecule has 19 heavy (non-hydrogen) atoms. The van der Waals surface area contributed by atoms with Crippen molar-refractivity contribution in [3.63, 3.8) is 0 Å². The van der Waals surface area contributed by atoms with Crippen LogP contribution < -0.4 is 5.32 Å². The molecule has 0 aliphatic carbocycles. The monoisotopic (exact) mass is 275 g/mol. The summed E-state index contributed by atoms with van der Waals surface area (Å²) >= 11 is 0. The van der Waals surface area contributed by atoms with Crippen LogP contribution in [0.1, 0.15) is 29.8 Å². The van der Waals surface area contributed by atoms with E-state index in [1.54, 1.807) is 13.8 Å². The van der Waals surface area contributed by atoms with Crippen molar-refractivity contribution in [2.24, 2.45) is 5.41 Å². The molecule has 0 aromatic heterocycles. The maximum absolute atomic E-state index is 12.5. The van der Waals surface area contributed by atoms with Crippen LogP contribution in [0.5, 0.6) is 0 Å². The fourth-order valence-corrected chi connectivity index (χ4v) is 1.31. The van der Waals surface area contributed by atoms with Gasteiger partial charge in [-0.3, -0.25) is 4.79 Å². The zero-order valence-corrected chi connectivity index (χ0v) is 10.7. The second-order valence-electron chi connectivity index (χ2n) is 5.08. The normalized spacial score (nSPS) is 12.3. The Kier molecular flexibility index (Phi) is 4.57. The number of aliphatic hydroxyl groups excluding tert-OH is 1. The Morgan fingerprint density at radius 2 is 1.95 bits per heavy atom. The molecule has 0 aliphatic heterocycles. The largest absolute Gasteiger partial charge is 0.416 e. The topological polar surface area (TPSA) is 49.3 Å². The van der Waals surface area contributed by atoms with Crippen LogP contribution in [0.3, 0.4) is 0 Å². The Labute approximate surface area is 109 Å². The highest BCUT2D eigenvalue weighted by atomic mass is 19.4. The third-order valence-electron chi connectivity index (χ3n) is 2.61. The summed E-state index contributed by atoms with van der Waals surface area (Å²) in [6.45, 7) is 3.52. The highest BCUT2D eigenvalue weighted by molar-refractivity contribution is 5.94. The first-order valence-corrected chi connectivity index (χ1v) is 5.72. The zero-order chi connectivity index (χ0) is 14.7. The second kappa shape index (κ2) is 5.61. The number of nitrogens with one attached hydrogen (secondary N) is 1. The van der Waals surface area contributed by atoms with Crippen LogP contribution in [0.25, 0.3) is 0 Å². The van der Waals surface area contributed by atoms with E-state index in [9.17, 15) is 18.0 Å². The summed E-state index contributed by atoms with van der Waals surface area (Å²) in [5.41, 5.74) is -1.43. The lowest BCUT2D eigenvalue weighted by Crippen LogP contribution is -2.36. The molecular formula is C13H16F3NO2. The highest BCUT2D eigenvalue weighted by Gasteiger charge is 2.31. The lowest BCUT2D eigenvalue weighted by molar-refractivity contribution is -0.137. The van der Waals surface area contributed by atoms with Crippen molar-refractivity contribution < 1.29 is 23.1 Å². The molecule has 0 unspecified atom stereocenters. The van der Waals surface area contributed by atoms with Crippen molar-refractivity contribution in [1.82, 2.24) is 5.32 Å². The van der Waals surface area contributed by atoms with Gasteiger partial charge in [0.15, 0.2) is 0 Å². The number of alkyl halides is 3. The maximum atomic E-state index is 12.5. The van der Waals surface area contributed by atoms with Crippen molar-refractivity contribution >= 4 is 5.91 Å². The van der Waals surface area contributed by atoms with E-state index in [2.05, 4.69) is 5.32 Å². The first-order valence-electron chi connectivity index (χ1n) is 5.72. The predicted octanol–water partition coefficient (Wildman–Crippen LogP) is 2.45. The zero-order valence-electron chi connectivity index (χ0n) is 10.7. The number of aliphatic hydroxyl groups is 1. The summed E-state index contributed by atoms with van der Waals surface area (Å²) in [6, 6.07) is 4.22. The lowest BCUT2D eigenvalue weighted by atomic mass is 9.95. The van der Waals surface area contributed by atoms with Crippen LogP contribution in [0.2, 0.25) is 0 Å². The average Bonchev–Trinajstić information content (AvgIpc) is 2.35. The lowest BCUT2D eigenvalue weighted by Gasteiger charge is -2.21. The van der Waals surface area contributed by atoms with Crippen molar-refractivity contribution in [2.75, 3.05) is 13.2 Å². The van der Waals surface area contributed by atoms with Crippen molar-refractivity contribution in [3.8, 4) is 0 Å². The van der Waals surface area contributed by atoms with Gasteiger partial charge in [0.25, 0.3) is 5.91 Å². The van der Waals surface area contributed by atoms with Gasteiger partial charge in [-0.1, -0.05) is 19.9 Å². The SMILES string of the molecule is CC(C)(CO)CNC(=O)c1cccc(C(F)(F)F)c1. The summed E-state index contributed by atoms with van der Waals surface area (Å²) in [5, 5.41) is 11.5. The number of rotatable bonds is 4. The van der Waals surface area contributed by atoms with Crippen LogP contribution in [-0.2, 0) is 6.18 Å². The van der Waals surface area contributed by atoms with Gasteiger partial charge in [-0.2, -0.15) is 13.2 Å². The minimum atomic E-state index is -4.47. The average molecular weight is 275 g/mol. The number of halogens is 3. The van der Waals surface area contributed by atoms with Gasteiger partial charge in [-0.25, -0.2) is 0 Å². The number of amides is 1. The van der Waals surface area contributed by atoms with E-state index < -0.39 is 23.1 Å². The van der Waals surface area contributed by atoms with E-state index in [-0.39, 0.29) is 18.7 Å². The number of hydrogen-bond acceptors (Lipinski definition) is 2. The molecule has 2 N–H and O–H groups in total. The molecule has 6 heteroatoms. The highest BCUT2D eigenvalue weighted by Crippen LogP contribution is 2.29. The fraction of sp³-hybridized carbons (Fsp3) is 0.462. The molecule has 3 nitrogen and oxygen atoms in total. The van der Waals surface area contributed by atoms with Crippen LogP contribution in [0, 0.1) is 5.41 Å². The van der Waals surface area contributed by atoms with Crippen LogP contribution in [0.4, 0.5) is 13.2 Å². The summed E-state index contributed by atoms with van der Waals surface area (Å²) in [6.07, 6.45) is -4.47. The van der Waals surface area contributed by atoms with Crippen LogP contribution in [-0.4, -0.2) is 24.2 Å². The molecule has 0 radical (unpaired) electrons. The van der Waals surface area contributed by atoms with Crippen molar-refractivity contribution in [3.05, 3.63) is 35.4 Å². The van der Waals surface area contributed by atoms with Gasteiger partial charge in [0.2, 0.25) is 0 Å².